The van der Waals surface area contributed by atoms with Crippen LogP contribution in [0.2, 0.25) is 0 Å². The number of halogens is 5. The van der Waals surface area contributed by atoms with Gasteiger partial charge in [-0.2, -0.15) is 13.2 Å². The number of sulfone groups is 1. The van der Waals surface area contributed by atoms with Crippen LogP contribution in [-0.4, -0.2) is 26.4 Å². The van der Waals surface area contributed by atoms with Crippen LogP contribution in [0.4, 0.5) is 22.0 Å². The minimum atomic E-state index is -5.11. The largest absolute Gasteiger partial charge is 0.405 e. The van der Waals surface area contributed by atoms with Crippen molar-refractivity contribution >= 4 is 9.84 Å². The number of hydrogen-bond acceptors (Lipinski definition) is 3. The Morgan fingerprint density at radius 2 is 1.79 bits per heavy atom. The Bertz CT molecular complexity index is 556. The molecule has 0 fully saturated rings. The summed E-state index contributed by atoms with van der Waals surface area (Å²) in [6.45, 7) is -0.555. The maximum Gasteiger partial charge on any atom is 0.405 e. The van der Waals surface area contributed by atoms with E-state index in [9.17, 15) is 30.4 Å². The third-order valence-electron chi connectivity index (χ3n) is 2.37. The highest BCUT2D eigenvalue weighted by atomic mass is 32.2. The zero-order chi connectivity index (χ0) is 14.8. The molecule has 9 heteroatoms. The van der Waals surface area contributed by atoms with Crippen LogP contribution in [0.3, 0.4) is 0 Å². The van der Waals surface area contributed by atoms with Gasteiger partial charge in [-0.1, -0.05) is 0 Å². The molecule has 2 N–H and O–H groups in total. The lowest BCUT2D eigenvalue weighted by atomic mass is 10.3. The van der Waals surface area contributed by atoms with Crippen LogP contribution >= 0.6 is 0 Å². The van der Waals surface area contributed by atoms with Crippen molar-refractivity contribution in [3.8, 4) is 0 Å². The summed E-state index contributed by atoms with van der Waals surface area (Å²) in [5.41, 5.74) is 4.94. The zero-order valence-electron chi connectivity index (χ0n) is 9.42. The Morgan fingerprint density at radius 3 is 2.26 bits per heavy atom. The Hall–Kier alpha value is -1.22. The summed E-state index contributed by atoms with van der Waals surface area (Å²) >= 11 is 0. The average molecular weight is 303 g/mol. The van der Waals surface area contributed by atoms with Gasteiger partial charge in [0.05, 0.1) is 0 Å². The Morgan fingerprint density at radius 1 is 1.21 bits per heavy atom. The second-order valence-electron chi connectivity index (χ2n) is 3.73. The van der Waals surface area contributed by atoms with E-state index in [-0.39, 0.29) is 6.07 Å². The molecule has 0 aromatic heterocycles. The molecule has 0 saturated heterocycles. The van der Waals surface area contributed by atoms with E-state index in [4.69, 9.17) is 5.73 Å². The molecular weight excluding hydrogens is 293 g/mol. The topological polar surface area (TPSA) is 60.2 Å². The average Bonchev–Trinajstić information content (AvgIpc) is 2.27. The summed E-state index contributed by atoms with van der Waals surface area (Å²) in [5, 5.41) is -2.86. The molecule has 0 aliphatic carbocycles. The molecule has 108 valence electrons. The van der Waals surface area contributed by atoms with E-state index in [1.807, 2.05) is 0 Å². The van der Waals surface area contributed by atoms with E-state index in [1.165, 1.54) is 0 Å². The van der Waals surface area contributed by atoms with Crippen LogP contribution in [-0.2, 0) is 9.84 Å². The monoisotopic (exact) mass is 303 g/mol. The second-order valence-corrected chi connectivity index (χ2v) is 5.83. The van der Waals surface area contributed by atoms with Crippen molar-refractivity contribution < 1.29 is 30.4 Å². The van der Waals surface area contributed by atoms with Gasteiger partial charge in [-0.15, -0.1) is 0 Å². The highest BCUT2D eigenvalue weighted by Gasteiger charge is 2.49. The van der Waals surface area contributed by atoms with Gasteiger partial charge in [0.25, 0.3) is 0 Å². The standard InChI is InChI=1S/C10H10F5NO2S/c11-6-1-2-7(12)8(5-6)19(17,18)9(3-4-16)10(13,14)15/h1-2,5,9H,3-4,16H2. The Labute approximate surface area is 106 Å². The SMILES string of the molecule is NCCC(C(F)(F)F)S(=O)(=O)c1cc(F)ccc1F. The highest BCUT2D eigenvalue weighted by molar-refractivity contribution is 7.92. The molecule has 0 bridgehead atoms. The molecule has 19 heavy (non-hydrogen) atoms. The summed E-state index contributed by atoms with van der Waals surface area (Å²) in [6, 6.07) is 1.29. The fourth-order valence-corrected chi connectivity index (χ4v) is 3.22. The second kappa shape index (κ2) is 5.41. The highest BCUT2D eigenvalue weighted by Crippen LogP contribution is 2.33. The molecule has 1 aromatic rings. The fraction of sp³-hybridized carbons (Fsp3) is 0.400. The number of hydrogen-bond donors (Lipinski definition) is 1. The molecule has 0 amide bonds. The molecule has 0 aliphatic rings. The van der Waals surface area contributed by atoms with E-state index in [0.717, 1.165) is 0 Å². The van der Waals surface area contributed by atoms with Gasteiger partial charge in [0.1, 0.15) is 16.5 Å². The van der Waals surface area contributed by atoms with Crippen LogP contribution in [0.5, 0.6) is 0 Å². The molecular formula is C10H10F5NO2S. The maximum absolute atomic E-state index is 13.3. The first-order chi connectivity index (χ1) is 8.60. The third-order valence-corrected chi connectivity index (χ3v) is 4.55. The lowest BCUT2D eigenvalue weighted by Crippen LogP contribution is -2.38. The first kappa shape index (κ1) is 15.8. The Balaban J connectivity index is 3.39. The normalized spacial score (nSPS) is 14.4. The van der Waals surface area contributed by atoms with E-state index in [1.54, 1.807) is 0 Å². The van der Waals surface area contributed by atoms with Gasteiger partial charge in [-0.3, -0.25) is 0 Å². The van der Waals surface area contributed by atoms with Gasteiger partial charge in [0, 0.05) is 0 Å². The minimum Gasteiger partial charge on any atom is -0.330 e. The van der Waals surface area contributed by atoms with Crippen LogP contribution < -0.4 is 5.73 Å². The van der Waals surface area contributed by atoms with Crippen LogP contribution in [0.1, 0.15) is 6.42 Å². The molecule has 0 saturated carbocycles. The summed E-state index contributed by atoms with van der Waals surface area (Å²) < 4.78 is 87.7. The zero-order valence-corrected chi connectivity index (χ0v) is 10.2. The van der Waals surface area contributed by atoms with Crippen molar-refractivity contribution in [2.75, 3.05) is 6.54 Å². The summed E-state index contributed by atoms with van der Waals surface area (Å²) in [7, 11) is -5.09. The molecule has 0 aliphatic heterocycles. The molecule has 1 atom stereocenters. The van der Waals surface area contributed by atoms with Crippen molar-refractivity contribution in [3.63, 3.8) is 0 Å². The van der Waals surface area contributed by atoms with Crippen molar-refractivity contribution in [3.05, 3.63) is 29.8 Å². The molecule has 3 nitrogen and oxygen atoms in total. The molecule has 1 unspecified atom stereocenters. The van der Waals surface area contributed by atoms with Crippen molar-refractivity contribution in [1.82, 2.24) is 0 Å². The van der Waals surface area contributed by atoms with Crippen LogP contribution in [0.15, 0.2) is 23.1 Å². The Kier molecular flexibility index (Phi) is 4.51. The molecule has 1 rings (SSSR count). The first-order valence-electron chi connectivity index (χ1n) is 5.06. The lowest BCUT2D eigenvalue weighted by molar-refractivity contribution is -0.131. The number of alkyl halides is 3. The quantitative estimate of drug-likeness (QED) is 0.866. The maximum atomic E-state index is 13.3. The van der Waals surface area contributed by atoms with Crippen molar-refractivity contribution in [2.45, 2.75) is 22.7 Å². The van der Waals surface area contributed by atoms with Gasteiger partial charge in [0.2, 0.25) is 0 Å². The lowest BCUT2D eigenvalue weighted by Gasteiger charge is -2.20. The van der Waals surface area contributed by atoms with E-state index >= 15 is 0 Å². The van der Waals surface area contributed by atoms with Gasteiger partial charge >= 0.3 is 6.18 Å². The van der Waals surface area contributed by atoms with Crippen LogP contribution in [0.25, 0.3) is 0 Å². The van der Waals surface area contributed by atoms with Crippen molar-refractivity contribution in [2.24, 2.45) is 5.73 Å². The first-order valence-corrected chi connectivity index (χ1v) is 6.61. The third kappa shape index (κ3) is 3.41. The molecule has 1 aromatic carbocycles. The summed E-state index contributed by atoms with van der Waals surface area (Å²) in [6.07, 6.45) is -6.04. The number of rotatable bonds is 4. The van der Waals surface area contributed by atoms with Gasteiger partial charge in [-0.25, -0.2) is 17.2 Å². The van der Waals surface area contributed by atoms with Gasteiger partial charge in [0.15, 0.2) is 15.1 Å². The fourth-order valence-electron chi connectivity index (χ4n) is 1.49. The molecule has 0 radical (unpaired) electrons. The number of nitrogens with two attached hydrogens (primary N) is 1. The molecule has 0 heterocycles. The predicted molar refractivity (Wildman–Crippen MR) is 57.1 cm³/mol. The van der Waals surface area contributed by atoms with Gasteiger partial charge in [-0.05, 0) is 31.2 Å². The minimum absolute atomic E-state index is 0.222. The van der Waals surface area contributed by atoms with E-state index < -0.39 is 50.8 Å². The summed E-state index contributed by atoms with van der Waals surface area (Å²) in [5.74, 6) is -2.58. The smallest absolute Gasteiger partial charge is 0.330 e. The molecule has 0 spiro atoms. The van der Waals surface area contributed by atoms with Crippen LogP contribution in [0, 0.1) is 11.6 Å². The van der Waals surface area contributed by atoms with E-state index in [2.05, 4.69) is 0 Å². The van der Waals surface area contributed by atoms with Gasteiger partial charge < -0.3 is 5.73 Å². The predicted octanol–water partition coefficient (Wildman–Crippen LogP) is 2.02. The van der Waals surface area contributed by atoms with E-state index in [0.29, 0.717) is 12.1 Å². The van der Waals surface area contributed by atoms with Crippen molar-refractivity contribution in [1.29, 1.82) is 0 Å². The summed E-state index contributed by atoms with van der Waals surface area (Å²) in [4.78, 5) is -1.32. The number of benzene rings is 1.